The molecule has 0 aliphatic heterocycles. The Morgan fingerprint density at radius 3 is 2.61 bits per heavy atom. The van der Waals surface area contributed by atoms with Gasteiger partial charge in [-0.1, -0.05) is 19.3 Å². The number of rotatable bonds is 4. The summed E-state index contributed by atoms with van der Waals surface area (Å²) in [6.45, 7) is 0. The molecule has 7 heteroatoms. The van der Waals surface area contributed by atoms with E-state index in [4.69, 9.17) is 0 Å². The third kappa shape index (κ3) is 3.93. The first kappa shape index (κ1) is 18.3. The van der Waals surface area contributed by atoms with Crippen LogP contribution in [0.2, 0.25) is 0 Å². The molecule has 1 amide bonds. The summed E-state index contributed by atoms with van der Waals surface area (Å²) in [5, 5.41) is 7.19. The zero-order valence-corrected chi connectivity index (χ0v) is 15.2. The van der Waals surface area contributed by atoms with Crippen LogP contribution in [0.25, 0.3) is 16.9 Å². The number of hydrogen-bond donors (Lipinski definition) is 1. The first-order valence-corrected chi connectivity index (χ1v) is 9.37. The maximum Gasteiger partial charge on any atom is 0.253 e. The lowest BCUT2D eigenvalue weighted by molar-refractivity contribution is 0.0927. The summed E-state index contributed by atoms with van der Waals surface area (Å²) >= 11 is 0. The molecule has 0 spiro atoms. The maximum atomic E-state index is 13.9. The zero-order chi connectivity index (χ0) is 19.5. The van der Waals surface area contributed by atoms with E-state index in [2.05, 4.69) is 15.4 Å². The SMILES string of the molecule is O=C(NC1CCCCC1)c1ccc(-c2cnn(-c3ccc(F)cc3F)c2)nc1. The number of amides is 1. The molecule has 2 heterocycles. The van der Waals surface area contributed by atoms with Gasteiger partial charge in [-0.2, -0.15) is 5.10 Å². The molecule has 2 aromatic heterocycles. The van der Waals surface area contributed by atoms with Crippen molar-refractivity contribution >= 4 is 5.91 Å². The van der Waals surface area contributed by atoms with Crippen LogP contribution < -0.4 is 5.32 Å². The molecule has 0 atom stereocenters. The van der Waals surface area contributed by atoms with E-state index in [0.29, 0.717) is 16.8 Å². The first-order valence-electron chi connectivity index (χ1n) is 9.37. The van der Waals surface area contributed by atoms with Crippen LogP contribution in [0.4, 0.5) is 8.78 Å². The van der Waals surface area contributed by atoms with Crippen LogP contribution in [0.1, 0.15) is 42.5 Å². The zero-order valence-electron chi connectivity index (χ0n) is 15.2. The summed E-state index contributed by atoms with van der Waals surface area (Å²) in [5.74, 6) is -1.45. The summed E-state index contributed by atoms with van der Waals surface area (Å²) in [4.78, 5) is 16.7. The van der Waals surface area contributed by atoms with Crippen LogP contribution >= 0.6 is 0 Å². The second-order valence-corrected chi connectivity index (χ2v) is 7.01. The number of benzene rings is 1. The van der Waals surface area contributed by atoms with Crippen molar-refractivity contribution in [2.24, 2.45) is 0 Å². The van der Waals surface area contributed by atoms with Crippen molar-refractivity contribution in [1.82, 2.24) is 20.1 Å². The highest BCUT2D eigenvalue weighted by molar-refractivity contribution is 5.94. The molecule has 1 N–H and O–H groups in total. The number of hydrogen-bond acceptors (Lipinski definition) is 3. The van der Waals surface area contributed by atoms with Crippen LogP contribution in [-0.4, -0.2) is 26.7 Å². The van der Waals surface area contributed by atoms with Crippen molar-refractivity contribution in [1.29, 1.82) is 0 Å². The van der Waals surface area contributed by atoms with Gasteiger partial charge in [0.1, 0.15) is 11.5 Å². The smallest absolute Gasteiger partial charge is 0.253 e. The summed E-state index contributed by atoms with van der Waals surface area (Å²) < 4.78 is 28.3. The van der Waals surface area contributed by atoms with Gasteiger partial charge in [-0.05, 0) is 37.1 Å². The van der Waals surface area contributed by atoms with Gasteiger partial charge in [0.2, 0.25) is 0 Å². The lowest BCUT2D eigenvalue weighted by Gasteiger charge is -2.22. The molecule has 0 saturated heterocycles. The number of nitrogens with one attached hydrogen (secondary N) is 1. The Balaban J connectivity index is 1.48. The highest BCUT2D eigenvalue weighted by Crippen LogP contribution is 2.21. The predicted molar refractivity (Wildman–Crippen MR) is 101 cm³/mol. The summed E-state index contributed by atoms with van der Waals surface area (Å²) in [5.41, 5.74) is 1.94. The fraction of sp³-hybridized carbons (Fsp3) is 0.286. The van der Waals surface area contributed by atoms with Gasteiger partial charge < -0.3 is 5.32 Å². The highest BCUT2D eigenvalue weighted by atomic mass is 19.1. The molecule has 0 bridgehead atoms. The molecule has 1 fully saturated rings. The standard InChI is InChI=1S/C21H20F2N4O/c22-16-7-9-20(18(23)10-16)27-13-15(12-25-27)19-8-6-14(11-24-19)21(28)26-17-4-2-1-3-5-17/h6-13,17H,1-5H2,(H,26,28). The number of carbonyl (C=O) groups excluding carboxylic acids is 1. The van der Waals surface area contributed by atoms with Crippen molar-refractivity contribution in [2.75, 3.05) is 0 Å². The molecule has 28 heavy (non-hydrogen) atoms. The molecule has 3 aromatic rings. The number of carbonyl (C=O) groups is 1. The van der Waals surface area contributed by atoms with E-state index in [9.17, 15) is 13.6 Å². The molecule has 1 saturated carbocycles. The normalized spacial score (nSPS) is 14.8. The predicted octanol–water partition coefficient (Wildman–Crippen LogP) is 4.28. The third-order valence-corrected chi connectivity index (χ3v) is 5.00. The topological polar surface area (TPSA) is 59.8 Å². The Morgan fingerprint density at radius 1 is 1.07 bits per heavy atom. The Labute approximate surface area is 161 Å². The van der Waals surface area contributed by atoms with E-state index in [1.54, 1.807) is 24.5 Å². The van der Waals surface area contributed by atoms with Crippen molar-refractivity contribution in [3.8, 4) is 16.9 Å². The monoisotopic (exact) mass is 382 g/mol. The van der Waals surface area contributed by atoms with Crippen molar-refractivity contribution < 1.29 is 13.6 Å². The molecule has 0 radical (unpaired) electrons. The second-order valence-electron chi connectivity index (χ2n) is 7.01. The minimum Gasteiger partial charge on any atom is -0.349 e. The fourth-order valence-electron chi connectivity index (χ4n) is 3.47. The molecule has 1 aliphatic carbocycles. The van der Waals surface area contributed by atoms with Gasteiger partial charge in [-0.3, -0.25) is 9.78 Å². The first-order chi connectivity index (χ1) is 13.6. The highest BCUT2D eigenvalue weighted by Gasteiger charge is 2.17. The summed E-state index contributed by atoms with van der Waals surface area (Å²) in [7, 11) is 0. The molecule has 1 aromatic carbocycles. The maximum absolute atomic E-state index is 13.9. The number of aromatic nitrogens is 3. The Hall–Kier alpha value is -3.09. The van der Waals surface area contributed by atoms with E-state index in [1.807, 2.05) is 0 Å². The average Bonchev–Trinajstić information content (AvgIpc) is 3.19. The van der Waals surface area contributed by atoms with E-state index in [-0.39, 0.29) is 17.6 Å². The van der Waals surface area contributed by atoms with Gasteiger partial charge in [0, 0.05) is 30.1 Å². The average molecular weight is 382 g/mol. The second kappa shape index (κ2) is 7.88. The largest absolute Gasteiger partial charge is 0.349 e. The number of pyridine rings is 1. The molecule has 4 rings (SSSR count). The molecule has 0 unspecified atom stereocenters. The molecule has 144 valence electrons. The molecular formula is C21H20F2N4O. The van der Waals surface area contributed by atoms with E-state index in [0.717, 1.165) is 31.7 Å². The summed E-state index contributed by atoms with van der Waals surface area (Å²) in [6, 6.07) is 7.01. The Bertz CT molecular complexity index is 978. The quantitative estimate of drug-likeness (QED) is 0.733. The van der Waals surface area contributed by atoms with Crippen LogP contribution in [0, 0.1) is 11.6 Å². The van der Waals surface area contributed by atoms with Crippen LogP contribution in [-0.2, 0) is 0 Å². The number of halogens is 2. The van der Waals surface area contributed by atoms with Crippen LogP contribution in [0.15, 0.2) is 48.9 Å². The molecule has 1 aliphatic rings. The number of nitrogens with zero attached hydrogens (tertiary/aromatic N) is 3. The van der Waals surface area contributed by atoms with Gasteiger partial charge in [0.05, 0.1) is 17.5 Å². The minimum absolute atomic E-state index is 0.116. The third-order valence-electron chi connectivity index (χ3n) is 5.00. The van der Waals surface area contributed by atoms with Crippen molar-refractivity contribution in [3.05, 3.63) is 66.1 Å². The minimum atomic E-state index is -0.697. The van der Waals surface area contributed by atoms with Gasteiger partial charge in [-0.25, -0.2) is 13.5 Å². The van der Waals surface area contributed by atoms with Crippen molar-refractivity contribution in [2.45, 2.75) is 38.1 Å². The van der Waals surface area contributed by atoms with Crippen LogP contribution in [0.3, 0.4) is 0 Å². The van der Waals surface area contributed by atoms with E-state index >= 15 is 0 Å². The van der Waals surface area contributed by atoms with Gasteiger partial charge in [0.15, 0.2) is 5.82 Å². The van der Waals surface area contributed by atoms with Gasteiger partial charge >= 0.3 is 0 Å². The van der Waals surface area contributed by atoms with Crippen molar-refractivity contribution in [3.63, 3.8) is 0 Å². The van der Waals surface area contributed by atoms with Gasteiger partial charge in [-0.15, -0.1) is 0 Å². The molecule has 5 nitrogen and oxygen atoms in total. The molecular weight excluding hydrogens is 362 g/mol. The lowest BCUT2D eigenvalue weighted by atomic mass is 9.95. The lowest BCUT2D eigenvalue weighted by Crippen LogP contribution is -2.36. The summed E-state index contributed by atoms with van der Waals surface area (Å²) in [6.07, 6.45) is 10.3. The van der Waals surface area contributed by atoms with Gasteiger partial charge in [0.25, 0.3) is 5.91 Å². The van der Waals surface area contributed by atoms with E-state index < -0.39 is 11.6 Å². The fourth-order valence-corrected chi connectivity index (χ4v) is 3.47. The van der Waals surface area contributed by atoms with E-state index in [1.165, 1.54) is 29.4 Å². The Morgan fingerprint density at radius 2 is 1.89 bits per heavy atom. The van der Waals surface area contributed by atoms with Crippen LogP contribution in [0.5, 0.6) is 0 Å². The Kier molecular flexibility index (Phi) is 5.14.